The Kier molecular flexibility index (Phi) is 3.38. The van der Waals surface area contributed by atoms with E-state index in [-0.39, 0.29) is 0 Å². The maximum absolute atomic E-state index is 2.35. The number of fused-ring (bicyclic) bond motifs is 1. The number of allylic oxidation sites excluding steroid dienone is 1. The number of para-hydroxylation sites is 1. The fourth-order valence-corrected chi connectivity index (χ4v) is 2.60. The first-order chi connectivity index (χ1) is 9.79. The summed E-state index contributed by atoms with van der Waals surface area (Å²) in [4.78, 5) is 2.35. The van der Waals surface area contributed by atoms with E-state index in [4.69, 9.17) is 0 Å². The number of rotatable bonds is 2. The third-order valence-corrected chi connectivity index (χ3v) is 3.68. The largest absolute Gasteiger partial charge is 0.341 e. The maximum atomic E-state index is 2.35. The lowest BCUT2D eigenvalue weighted by molar-refractivity contribution is -0.673. The van der Waals surface area contributed by atoms with Crippen molar-refractivity contribution in [3.63, 3.8) is 0 Å². The van der Waals surface area contributed by atoms with Gasteiger partial charge >= 0.3 is 0 Å². The van der Waals surface area contributed by atoms with Crippen LogP contribution in [0.3, 0.4) is 0 Å². The molecule has 2 aromatic rings. The molecule has 100 valence electrons. The molecule has 0 spiro atoms. The number of likely N-dealkylation sites (N-methyl/N-ethyl adjacent to an activating group) is 1. The standard InChI is InChI=1S/C18H19N2/c1-3-20-17(14-16-9-6-7-13-19(16)2)12-11-15-8-4-5-10-18(15)20/h4-14H,3H2,1-2H3/q+1. The first kappa shape index (κ1) is 12.7. The van der Waals surface area contributed by atoms with E-state index in [9.17, 15) is 0 Å². The van der Waals surface area contributed by atoms with Crippen molar-refractivity contribution in [3.05, 3.63) is 71.7 Å². The lowest BCUT2D eigenvalue weighted by atomic mass is 10.1. The molecule has 0 unspecified atom stereocenters. The van der Waals surface area contributed by atoms with Crippen LogP contribution in [0, 0.1) is 0 Å². The minimum atomic E-state index is 0.962. The molecule has 20 heavy (non-hydrogen) atoms. The molecule has 1 aromatic heterocycles. The summed E-state index contributed by atoms with van der Waals surface area (Å²) in [6.45, 7) is 3.15. The number of aromatic nitrogens is 1. The fourth-order valence-electron chi connectivity index (χ4n) is 2.60. The Morgan fingerprint density at radius 1 is 1.05 bits per heavy atom. The first-order valence-electron chi connectivity index (χ1n) is 7.00. The Morgan fingerprint density at radius 2 is 1.85 bits per heavy atom. The molecule has 0 N–H and O–H groups in total. The summed E-state index contributed by atoms with van der Waals surface area (Å²) in [6.07, 6.45) is 8.69. The van der Waals surface area contributed by atoms with Crippen LogP contribution < -0.4 is 9.47 Å². The van der Waals surface area contributed by atoms with Crippen LogP contribution in [0.4, 0.5) is 5.69 Å². The molecule has 2 heteroatoms. The Hall–Kier alpha value is -2.35. The number of anilines is 1. The molecule has 0 bridgehead atoms. The summed E-state index contributed by atoms with van der Waals surface area (Å²) >= 11 is 0. The Labute approximate surface area is 120 Å². The van der Waals surface area contributed by atoms with Crippen molar-refractivity contribution in [2.24, 2.45) is 7.05 Å². The van der Waals surface area contributed by atoms with Gasteiger partial charge in [-0.25, -0.2) is 4.57 Å². The smallest absolute Gasteiger partial charge is 0.207 e. The quantitative estimate of drug-likeness (QED) is 0.753. The highest BCUT2D eigenvalue weighted by atomic mass is 15.1. The fraction of sp³-hybridized carbons (Fsp3) is 0.167. The summed E-state index contributed by atoms with van der Waals surface area (Å²) in [7, 11) is 2.07. The molecule has 0 aliphatic carbocycles. The van der Waals surface area contributed by atoms with Gasteiger partial charge in [-0.15, -0.1) is 0 Å². The second kappa shape index (κ2) is 5.33. The van der Waals surface area contributed by atoms with Crippen LogP contribution in [0.5, 0.6) is 0 Å². The van der Waals surface area contributed by atoms with Gasteiger partial charge in [0, 0.05) is 36.1 Å². The van der Waals surface area contributed by atoms with Crippen molar-refractivity contribution < 1.29 is 4.57 Å². The van der Waals surface area contributed by atoms with E-state index in [1.165, 1.54) is 22.6 Å². The van der Waals surface area contributed by atoms with Crippen molar-refractivity contribution in [3.8, 4) is 0 Å². The minimum absolute atomic E-state index is 0.962. The van der Waals surface area contributed by atoms with Crippen LogP contribution >= 0.6 is 0 Å². The van der Waals surface area contributed by atoms with Gasteiger partial charge in [-0.2, -0.15) is 0 Å². The van der Waals surface area contributed by atoms with E-state index in [1.54, 1.807) is 0 Å². The van der Waals surface area contributed by atoms with Crippen molar-refractivity contribution in [2.45, 2.75) is 6.92 Å². The second-order valence-electron chi connectivity index (χ2n) is 4.94. The highest BCUT2D eigenvalue weighted by Gasteiger charge is 2.16. The number of pyridine rings is 1. The van der Waals surface area contributed by atoms with Crippen LogP contribution in [0.15, 0.2) is 60.4 Å². The van der Waals surface area contributed by atoms with E-state index in [2.05, 4.69) is 84.3 Å². The van der Waals surface area contributed by atoms with Crippen molar-refractivity contribution in [2.75, 3.05) is 11.4 Å². The molecule has 0 fully saturated rings. The maximum Gasteiger partial charge on any atom is 0.207 e. The Bertz CT molecular complexity index is 683. The zero-order chi connectivity index (χ0) is 13.9. The molecular weight excluding hydrogens is 244 g/mol. The predicted octanol–water partition coefficient (Wildman–Crippen LogP) is 3.41. The third-order valence-electron chi connectivity index (χ3n) is 3.68. The van der Waals surface area contributed by atoms with Crippen LogP contribution in [0.25, 0.3) is 12.2 Å². The number of nitrogens with zero attached hydrogens (tertiary/aromatic N) is 2. The van der Waals surface area contributed by atoms with Gasteiger partial charge in [-0.1, -0.05) is 24.3 Å². The molecular formula is C18H19N2+. The monoisotopic (exact) mass is 263 g/mol. The van der Waals surface area contributed by atoms with Gasteiger partial charge in [0.15, 0.2) is 6.20 Å². The van der Waals surface area contributed by atoms with Crippen LogP contribution in [0.1, 0.15) is 18.2 Å². The van der Waals surface area contributed by atoms with E-state index in [1.807, 2.05) is 6.07 Å². The van der Waals surface area contributed by atoms with Gasteiger partial charge in [0.25, 0.3) is 0 Å². The van der Waals surface area contributed by atoms with E-state index in [0.29, 0.717) is 0 Å². The summed E-state index contributed by atoms with van der Waals surface area (Å²) in [5, 5.41) is 0. The summed E-state index contributed by atoms with van der Waals surface area (Å²) in [6, 6.07) is 14.8. The van der Waals surface area contributed by atoms with Crippen molar-refractivity contribution >= 4 is 17.8 Å². The van der Waals surface area contributed by atoms with Gasteiger partial charge < -0.3 is 4.90 Å². The lowest BCUT2D eigenvalue weighted by Gasteiger charge is -2.29. The Morgan fingerprint density at radius 3 is 2.65 bits per heavy atom. The second-order valence-corrected chi connectivity index (χ2v) is 4.94. The van der Waals surface area contributed by atoms with E-state index >= 15 is 0 Å². The van der Waals surface area contributed by atoms with Gasteiger partial charge in [0.05, 0.1) is 0 Å². The normalized spacial score (nSPS) is 15.5. The zero-order valence-corrected chi connectivity index (χ0v) is 12.0. The number of hydrogen-bond acceptors (Lipinski definition) is 1. The highest BCUT2D eigenvalue weighted by Crippen LogP contribution is 2.30. The topological polar surface area (TPSA) is 7.12 Å². The average molecular weight is 263 g/mol. The van der Waals surface area contributed by atoms with E-state index < -0.39 is 0 Å². The highest BCUT2D eigenvalue weighted by molar-refractivity contribution is 5.79. The summed E-state index contributed by atoms with van der Waals surface area (Å²) in [5.74, 6) is 0. The molecule has 0 amide bonds. The first-order valence-corrected chi connectivity index (χ1v) is 7.00. The van der Waals surface area contributed by atoms with Gasteiger partial charge in [0.2, 0.25) is 5.69 Å². The van der Waals surface area contributed by atoms with Gasteiger partial charge in [-0.05, 0) is 30.7 Å². The Balaban J connectivity index is 2.06. The molecule has 0 radical (unpaired) electrons. The molecule has 1 aliphatic heterocycles. The minimum Gasteiger partial charge on any atom is -0.341 e. The zero-order valence-electron chi connectivity index (χ0n) is 12.0. The molecule has 1 aliphatic rings. The molecule has 1 aromatic carbocycles. The molecule has 0 saturated heterocycles. The molecule has 2 heterocycles. The SMILES string of the molecule is CCN1/C(=C/c2cccc[n+]2C)C=Cc2ccccc21. The summed E-state index contributed by atoms with van der Waals surface area (Å²) in [5.41, 5.74) is 4.99. The predicted molar refractivity (Wildman–Crippen MR) is 84.1 cm³/mol. The number of hydrogen-bond donors (Lipinski definition) is 0. The summed E-state index contributed by atoms with van der Waals surface area (Å²) < 4.78 is 2.13. The van der Waals surface area contributed by atoms with Gasteiger partial charge in [0.1, 0.15) is 7.05 Å². The lowest BCUT2D eigenvalue weighted by Crippen LogP contribution is -2.31. The van der Waals surface area contributed by atoms with Gasteiger partial charge in [-0.3, -0.25) is 0 Å². The van der Waals surface area contributed by atoms with Crippen LogP contribution in [0.2, 0.25) is 0 Å². The van der Waals surface area contributed by atoms with Crippen LogP contribution in [-0.2, 0) is 7.05 Å². The van der Waals surface area contributed by atoms with Crippen molar-refractivity contribution in [1.82, 2.24) is 0 Å². The molecule has 2 nitrogen and oxygen atoms in total. The molecule has 0 saturated carbocycles. The molecule has 0 atom stereocenters. The van der Waals surface area contributed by atoms with Crippen LogP contribution in [-0.4, -0.2) is 6.54 Å². The molecule has 3 rings (SSSR count). The number of aryl methyl sites for hydroxylation is 1. The number of benzene rings is 1. The third kappa shape index (κ3) is 2.25. The van der Waals surface area contributed by atoms with E-state index in [0.717, 1.165) is 6.54 Å². The average Bonchev–Trinajstić information content (AvgIpc) is 2.49. The van der Waals surface area contributed by atoms with Crippen molar-refractivity contribution in [1.29, 1.82) is 0 Å².